The van der Waals surface area contributed by atoms with E-state index < -0.39 is 6.04 Å². The topological polar surface area (TPSA) is 67.9 Å². The van der Waals surface area contributed by atoms with Crippen LogP contribution in [-0.2, 0) is 9.59 Å². The van der Waals surface area contributed by atoms with Crippen LogP contribution in [-0.4, -0.2) is 40.2 Å². The number of thioether (sulfide) groups is 1. The number of hydrogen-bond donors (Lipinski definition) is 1. The highest BCUT2D eigenvalue weighted by Gasteiger charge is 2.52. The Kier molecular flexibility index (Phi) is 3.00. The molecular formula is C15H16N2O4S. The zero-order valence-corrected chi connectivity index (χ0v) is 12.9. The van der Waals surface area contributed by atoms with Crippen molar-refractivity contribution in [2.45, 2.75) is 30.7 Å². The van der Waals surface area contributed by atoms with Crippen molar-refractivity contribution in [1.82, 2.24) is 4.90 Å². The fourth-order valence-corrected chi connectivity index (χ4v) is 4.65. The largest absolute Gasteiger partial charge is 0.454 e. The SMILES string of the molecule is CC12CCC(=O)N1C(C(=O)Nc1ccc3c(c1)OCO3)CS2. The Hall–Kier alpha value is -1.89. The number of nitrogens with zero attached hydrogens (tertiary/aromatic N) is 1. The molecule has 116 valence electrons. The third-order valence-electron chi connectivity index (χ3n) is 4.39. The van der Waals surface area contributed by atoms with E-state index in [2.05, 4.69) is 5.32 Å². The Morgan fingerprint density at radius 3 is 3.09 bits per heavy atom. The van der Waals surface area contributed by atoms with Crippen molar-refractivity contribution in [1.29, 1.82) is 0 Å². The maximum absolute atomic E-state index is 12.6. The van der Waals surface area contributed by atoms with Crippen LogP contribution in [0.15, 0.2) is 18.2 Å². The normalized spacial score (nSPS) is 28.9. The molecule has 3 aliphatic heterocycles. The number of ether oxygens (including phenoxy) is 2. The predicted molar refractivity (Wildman–Crippen MR) is 81.9 cm³/mol. The summed E-state index contributed by atoms with van der Waals surface area (Å²) in [5.74, 6) is 1.86. The molecule has 0 saturated carbocycles. The van der Waals surface area contributed by atoms with Crippen molar-refractivity contribution in [2.24, 2.45) is 0 Å². The summed E-state index contributed by atoms with van der Waals surface area (Å²) in [5, 5.41) is 2.88. The molecular weight excluding hydrogens is 304 g/mol. The molecule has 7 heteroatoms. The number of fused-ring (bicyclic) bond motifs is 2. The summed E-state index contributed by atoms with van der Waals surface area (Å²) in [7, 11) is 0. The van der Waals surface area contributed by atoms with Crippen LogP contribution in [0.4, 0.5) is 5.69 Å². The first-order valence-corrected chi connectivity index (χ1v) is 8.22. The molecule has 1 aromatic rings. The lowest BCUT2D eigenvalue weighted by Gasteiger charge is -2.29. The number of amides is 2. The van der Waals surface area contributed by atoms with E-state index >= 15 is 0 Å². The molecule has 2 unspecified atom stereocenters. The quantitative estimate of drug-likeness (QED) is 0.900. The van der Waals surface area contributed by atoms with Gasteiger partial charge >= 0.3 is 0 Å². The lowest BCUT2D eigenvalue weighted by molar-refractivity contribution is -0.135. The number of hydrogen-bond acceptors (Lipinski definition) is 5. The summed E-state index contributed by atoms with van der Waals surface area (Å²) in [6, 6.07) is 4.88. The highest BCUT2D eigenvalue weighted by molar-refractivity contribution is 8.01. The highest BCUT2D eigenvalue weighted by Crippen LogP contribution is 2.47. The molecule has 0 aliphatic carbocycles. The predicted octanol–water partition coefficient (Wildman–Crippen LogP) is 1.81. The van der Waals surface area contributed by atoms with Gasteiger partial charge in [0.15, 0.2) is 11.5 Å². The van der Waals surface area contributed by atoms with E-state index in [1.807, 2.05) is 6.92 Å². The van der Waals surface area contributed by atoms with Crippen LogP contribution in [0.25, 0.3) is 0 Å². The maximum Gasteiger partial charge on any atom is 0.248 e. The first kappa shape index (κ1) is 13.8. The Bertz CT molecular complexity index is 665. The first-order chi connectivity index (χ1) is 10.6. The molecule has 2 amide bonds. The van der Waals surface area contributed by atoms with E-state index in [1.165, 1.54) is 0 Å². The second-order valence-corrected chi connectivity index (χ2v) is 7.32. The van der Waals surface area contributed by atoms with E-state index in [9.17, 15) is 9.59 Å². The molecule has 6 nitrogen and oxygen atoms in total. The third-order valence-corrected chi connectivity index (χ3v) is 5.89. The van der Waals surface area contributed by atoms with Crippen molar-refractivity contribution < 1.29 is 19.1 Å². The van der Waals surface area contributed by atoms with E-state index in [0.29, 0.717) is 29.4 Å². The molecule has 0 radical (unpaired) electrons. The van der Waals surface area contributed by atoms with E-state index in [-0.39, 0.29) is 23.5 Å². The number of nitrogens with one attached hydrogen (secondary N) is 1. The van der Waals surface area contributed by atoms with Crippen molar-refractivity contribution in [3.63, 3.8) is 0 Å². The monoisotopic (exact) mass is 320 g/mol. The third kappa shape index (κ3) is 2.03. The van der Waals surface area contributed by atoms with Crippen molar-refractivity contribution in [2.75, 3.05) is 17.9 Å². The average Bonchev–Trinajstić information content (AvgIpc) is 3.15. The summed E-state index contributed by atoms with van der Waals surface area (Å²) < 4.78 is 10.6. The molecule has 2 atom stereocenters. The van der Waals surface area contributed by atoms with Crippen molar-refractivity contribution >= 4 is 29.3 Å². The van der Waals surface area contributed by atoms with Gasteiger partial charge in [0.05, 0.1) is 4.87 Å². The average molecular weight is 320 g/mol. The second-order valence-electron chi connectivity index (χ2n) is 5.82. The van der Waals surface area contributed by atoms with E-state index in [4.69, 9.17) is 9.47 Å². The van der Waals surface area contributed by atoms with Gasteiger partial charge in [-0.25, -0.2) is 0 Å². The minimum Gasteiger partial charge on any atom is -0.454 e. The van der Waals surface area contributed by atoms with Gasteiger partial charge in [0.2, 0.25) is 18.6 Å². The summed E-state index contributed by atoms with van der Waals surface area (Å²) in [6.07, 6.45) is 1.33. The van der Waals surface area contributed by atoms with Crippen LogP contribution in [0.5, 0.6) is 11.5 Å². The number of anilines is 1. The standard InChI is InChI=1S/C15H16N2O4S/c1-15-5-4-13(18)17(15)10(7-22-15)14(19)16-9-2-3-11-12(6-9)21-8-20-11/h2-3,6,10H,4-5,7-8H2,1H3,(H,16,19). The summed E-state index contributed by atoms with van der Waals surface area (Å²) >= 11 is 1.69. The molecule has 1 aromatic carbocycles. The molecule has 22 heavy (non-hydrogen) atoms. The zero-order chi connectivity index (χ0) is 15.3. The highest BCUT2D eigenvalue weighted by atomic mass is 32.2. The lowest BCUT2D eigenvalue weighted by Crippen LogP contribution is -2.48. The molecule has 3 aliphatic rings. The van der Waals surface area contributed by atoms with Gasteiger partial charge in [-0.15, -0.1) is 11.8 Å². The summed E-state index contributed by atoms with van der Waals surface area (Å²) in [5.41, 5.74) is 0.652. The van der Waals surface area contributed by atoms with Gasteiger partial charge in [-0.3, -0.25) is 9.59 Å². The molecule has 0 bridgehead atoms. The van der Waals surface area contributed by atoms with Crippen LogP contribution in [0.1, 0.15) is 19.8 Å². The minimum absolute atomic E-state index is 0.0679. The Balaban J connectivity index is 1.52. The van der Waals surface area contributed by atoms with Gasteiger partial charge in [-0.1, -0.05) is 0 Å². The van der Waals surface area contributed by atoms with Gasteiger partial charge in [0.25, 0.3) is 0 Å². The maximum atomic E-state index is 12.6. The molecule has 1 N–H and O–H groups in total. The minimum atomic E-state index is -0.407. The molecule has 3 heterocycles. The van der Waals surface area contributed by atoms with Gasteiger partial charge in [-0.05, 0) is 25.5 Å². The van der Waals surface area contributed by atoms with Gasteiger partial charge in [0.1, 0.15) is 6.04 Å². The molecule has 0 aromatic heterocycles. The van der Waals surface area contributed by atoms with Gasteiger partial charge in [0, 0.05) is 23.9 Å². The number of carbonyl (C=O) groups is 2. The smallest absolute Gasteiger partial charge is 0.248 e. The number of rotatable bonds is 2. The number of carbonyl (C=O) groups excluding carboxylic acids is 2. The molecule has 2 saturated heterocycles. The van der Waals surface area contributed by atoms with Crippen LogP contribution in [0, 0.1) is 0 Å². The Labute approximate surface area is 132 Å². The van der Waals surface area contributed by atoms with E-state index in [1.54, 1.807) is 34.9 Å². The molecule has 0 spiro atoms. The fourth-order valence-electron chi connectivity index (χ4n) is 3.21. The van der Waals surface area contributed by atoms with Crippen molar-refractivity contribution in [3.8, 4) is 11.5 Å². The zero-order valence-electron chi connectivity index (χ0n) is 12.1. The Morgan fingerprint density at radius 1 is 1.41 bits per heavy atom. The van der Waals surface area contributed by atoms with Crippen LogP contribution < -0.4 is 14.8 Å². The van der Waals surface area contributed by atoms with Gasteiger partial charge < -0.3 is 19.7 Å². The summed E-state index contributed by atoms with van der Waals surface area (Å²) in [6.45, 7) is 2.24. The van der Waals surface area contributed by atoms with Crippen molar-refractivity contribution in [3.05, 3.63) is 18.2 Å². The number of benzene rings is 1. The summed E-state index contributed by atoms with van der Waals surface area (Å²) in [4.78, 5) is 26.2. The van der Waals surface area contributed by atoms with Crippen LogP contribution in [0.3, 0.4) is 0 Å². The molecule has 2 fully saturated rings. The Morgan fingerprint density at radius 2 is 2.23 bits per heavy atom. The lowest BCUT2D eigenvalue weighted by atomic mass is 10.2. The molecule has 4 rings (SSSR count). The first-order valence-electron chi connectivity index (χ1n) is 7.23. The second kappa shape index (κ2) is 4.81. The van der Waals surface area contributed by atoms with Crippen LogP contribution >= 0.6 is 11.8 Å². The fraction of sp³-hybridized carbons (Fsp3) is 0.467. The van der Waals surface area contributed by atoms with Crippen LogP contribution in [0.2, 0.25) is 0 Å². The van der Waals surface area contributed by atoms with E-state index in [0.717, 1.165) is 6.42 Å². The van der Waals surface area contributed by atoms with Gasteiger partial charge in [-0.2, -0.15) is 0 Å².